The van der Waals surface area contributed by atoms with Gasteiger partial charge in [0.1, 0.15) is 0 Å². The molecule has 2 aromatic carbocycles. The van der Waals surface area contributed by atoms with Crippen LogP contribution in [0.15, 0.2) is 36.4 Å². The molecule has 0 aromatic heterocycles. The molecule has 21 heavy (non-hydrogen) atoms. The van der Waals surface area contributed by atoms with Crippen molar-refractivity contribution in [3.05, 3.63) is 62.6 Å². The van der Waals surface area contributed by atoms with Crippen molar-refractivity contribution in [1.82, 2.24) is 5.32 Å². The minimum absolute atomic E-state index is 0.293. The molecule has 0 saturated heterocycles. The standard InChI is InChI=1S/C15H13Cl3N2O/c16-10-5-4-9(12(18)8-10)6-7-20-15(21)14-11(17)2-1-3-13(14)19/h1-5,8H,6-7,19H2,(H,20,21). The van der Waals surface area contributed by atoms with Crippen LogP contribution in [0.1, 0.15) is 15.9 Å². The summed E-state index contributed by atoms with van der Waals surface area (Å²) in [5, 5.41) is 4.26. The van der Waals surface area contributed by atoms with E-state index in [2.05, 4.69) is 5.32 Å². The second-order valence-electron chi connectivity index (χ2n) is 4.45. The molecule has 6 heteroatoms. The third-order valence-electron chi connectivity index (χ3n) is 2.97. The number of carbonyl (C=O) groups is 1. The molecule has 0 saturated carbocycles. The van der Waals surface area contributed by atoms with E-state index in [0.29, 0.717) is 39.3 Å². The predicted molar refractivity (Wildman–Crippen MR) is 88.4 cm³/mol. The summed E-state index contributed by atoms with van der Waals surface area (Å²) in [5.41, 5.74) is 7.32. The fourth-order valence-corrected chi connectivity index (χ4v) is 2.67. The van der Waals surface area contributed by atoms with Crippen LogP contribution < -0.4 is 11.1 Å². The van der Waals surface area contributed by atoms with E-state index in [9.17, 15) is 4.79 Å². The number of nitrogens with one attached hydrogen (secondary N) is 1. The Kier molecular flexibility index (Phi) is 5.34. The summed E-state index contributed by atoms with van der Waals surface area (Å²) in [5.74, 6) is -0.303. The summed E-state index contributed by atoms with van der Waals surface area (Å²) in [6, 6.07) is 10.2. The van der Waals surface area contributed by atoms with E-state index in [4.69, 9.17) is 40.5 Å². The van der Waals surface area contributed by atoms with Crippen LogP contribution >= 0.6 is 34.8 Å². The van der Waals surface area contributed by atoms with Crippen LogP contribution in [-0.4, -0.2) is 12.5 Å². The van der Waals surface area contributed by atoms with Gasteiger partial charge in [-0.3, -0.25) is 4.79 Å². The molecule has 3 nitrogen and oxygen atoms in total. The molecule has 0 aliphatic rings. The normalized spacial score (nSPS) is 10.4. The third-order valence-corrected chi connectivity index (χ3v) is 3.87. The van der Waals surface area contributed by atoms with Crippen LogP contribution in [0, 0.1) is 0 Å². The Bertz CT molecular complexity index is 654. The Morgan fingerprint density at radius 3 is 2.52 bits per heavy atom. The van der Waals surface area contributed by atoms with Crippen molar-refractivity contribution in [2.24, 2.45) is 0 Å². The van der Waals surface area contributed by atoms with Crippen LogP contribution in [0.25, 0.3) is 0 Å². The van der Waals surface area contributed by atoms with E-state index >= 15 is 0 Å². The number of hydrogen-bond donors (Lipinski definition) is 2. The van der Waals surface area contributed by atoms with Crippen LogP contribution in [0.2, 0.25) is 15.1 Å². The number of amides is 1. The van der Waals surface area contributed by atoms with Crippen molar-refractivity contribution < 1.29 is 4.79 Å². The lowest BCUT2D eigenvalue weighted by Crippen LogP contribution is -2.26. The van der Waals surface area contributed by atoms with Gasteiger partial charge in [-0.05, 0) is 36.2 Å². The van der Waals surface area contributed by atoms with E-state index < -0.39 is 0 Å². The van der Waals surface area contributed by atoms with E-state index in [1.807, 2.05) is 6.07 Å². The molecule has 3 N–H and O–H groups in total. The summed E-state index contributed by atoms with van der Waals surface area (Å²) in [6.07, 6.45) is 0.589. The van der Waals surface area contributed by atoms with Crippen LogP contribution in [-0.2, 0) is 6.42 Å². The zero-order valence-corrected chi connectivity index (χ0v) is 13.3. The maximum absolute atomic E-state index is 12.1. The van der Waals surface area contributed by atoms with Gasteiger partial charge in [-0.2, -0.15) is 0 Å². The molecule has 0 aliphatic heterocycles. The van der Waals surface area contributed by atoms with Crippen molar-refractivity contribution in [2.75, 3.05) is 12.3 Å². The maximum atomic E-state index is 12.1. The molecule has 0 heterocycles. The first-order chi connectivity index (χ1) is 9.99. The maximum Gasteiger partial charge on any atom is 0.254 e. The second-order valence-corrected chi connectivity index (χ2v) is 5.70. The Balaban J connectivity index is 1.99. The lowest BCUT2D eigenvalue weighted by molar-refractivity contribution is 0.0955. The highest BCUT2D eigenvalue weighted by Crippen LogP contribution is 2.22. The van der Waals surface area contributed by atoms with Gasteiger partial charge in [0.2, 0.25) is 0 Å². The minimum atomic E-state index is -0.303. The molecule has 0 radical (unpaired) electrons. The highest BCUT2D eigenvalue weighted by atomic mass is 35.5. The molecule has 0 bridgehead atoms. The molecule has 0 spiro atoms. The summed E-state index contributed by atoms with van der Waals surface area (Å²) < 4.78 is 0. The average molecular weight is 344 g/mol. The number of anilines is 1. The number of nitrogens with two attached hydrogens (primary N) is 1. The first-order valence-corrected chi connectivity index (χ1v) is 7.38. The van der Waals surface area contributed by atoms with E-state index in [-0.39, 0.29) is 5.91 Å². The van der Waals surface area contributed by atoms with Gasteiger partial charge in [0, 0.05) is 22.3 Å². The monoisotopic (exact) mass is 342 g/mol. The molecule has 110 valence electrons. The van der Waals surface area contributed by atoms with E-state index in [1.54, 1.807) is 30.3 Å². The van der Waals surface area contributed by atoms with Gasteiger partial charge in [0.15, 0.2) is 0 Å². The fourth-order valence-electron chi connectivity index (χ4n) is 1.90. The minimum Gasteiger partial charge on any atom is -0.398 e. The summed E-state index contributed by atoms with van der Waals surface area (Å²) in [4.78, 5) is 12.1. The summed E-state index contributed by atoms with van der Waals surface area (Å²) in [6.45, 7) is 0.421. The highest BCUT2D eigenvalue weighted by molar-refractivity contribution is 6.35. The lowest BCUT2D eigenvalue weighted by atomic mass is 10.1. The zero-order chi connectivity index (χ0) is 15.4. The molecule has 0 aliphatic carbocycles. The van der Waals surface area contributed by atoms with Gasteiger partial charge in [-0.15, -0.1) is 0 Å². The van der Waals surface area contributed by atoms with E-state index in [0.717, 1.165) is 5.56 Å². The zero-order valence-electron chi connectivity index (χ0n) is 11.0. The van der Waals surface area contributed by atoms with Gasteiger partial charge < -0.3 is 11.1 Å². The van der Waals surface area contributed by atoms with Gasteiger partial charge in [0.25, 0.3) is 5.91 Å². The highest BCUT2D eigenvalue weighted by Gasteiger charge is 2.13. The molecule has 0 atom stereocenters. The Morgan fingerprint density at radius 1 is 1.10 bits per heavy atom. The molecule has 2 aromatic rings. The number of hydrogen-bond acceptors (Lipinski definition) is 2. The smallest absolute Gasteiger partial charge is 0.254 e. The van der Waals surface area contributed by atoms with Crippen molar-refractivity contribution in [1.29, 1.82) is 0 Å². The van der Waals surface area contributed by atoms with Gasteiger partial charge in [-0.25, -0.2) is 0 Å². The fraction of sp³-hybridized carbons (Fsp3) is 0.133. The summed E-state index contributed by atoms with van der Waals surface area (Å²) >= 11 is 17.9. The molecule has 0 fully saturated rings. The number of halogens is 3. The Labute approximate surface area is 138 Å². The number of nitrogen functional groups attached to an aromatic ring is 1. The first-order valence-electron chi connectivity index (χ1n) is 6.25. The lowest BCUT2D eigenvalue weighted by Gasteiger charge is -2.10. The predicted octanol–water partition coefficient (Wildman–Crippen LogP) is 4.20. The second kappa shape index (κ2) is 7.03. The van der Waals surface area contributed by atoms with Crippen molar-refractivity contribution >= 4 is 46.4 Å². The SMILES string of the molecule is Nc1cccc(Cl)c1C(=O)NCCc1ccc(Cl)cc1Cl. The molecule has 0 unspecified atom stereocenters. The van der Waals surface area contributed by atoms with Crippen LogP contribution in [0.4, 0.5) is 5.69 Å². The van der Waals surface area contributed by atoms with Crippen molar-refractivity contribution in [2.45, 2.75) is 6.42 Å². The number of benzene rings is 2. The molecular weight excluding hydrogens is 331 g/mol. The van der Waals surface area contributed by atoms with Crippen LogP contribution in [0.5, 0.6) is 0 Å². The third kappa shape index (κ3) is 4.03. The quantitative estimate of drug-likeness (QED) is 0.817. The summed E-state index contributed by atoms with van der Waals surface area (Å²) in [7, 11) is 0. The molecule has 2 rings (SSSR count). The number of carbonyl (C=O) groups excluding carboxylic acids is 1. The Hall–Kier alpha value is -1.42. The van der Waals surface area contributed by atoms with E-state index in [1.165, 1.54) is 0 Å². The largest absolute Gasteiger partial charge is 0.398 e. The van der Waals surface area contributed by atoms with Crippen molar-refractivity contribution in [3.8, 4) is 0 Å². The first kappa shape index (κ1) is 16.0. The van der Waals surface area contributed by atoms with Crippen molar-refractivity contribution in [3.63, 3.8) is 0 Å². The van der Waals surface area contributed by atoms with Crippen LogP contribution in [0.3, 0.4) is 0 Å². The Morgan fingerprint density at radius 2 is 1.86 bits per heavy atom. The van der Waals surface area contributed by atoms with Gasteiger partial charge >= 0.3 is 0 Å². The topological polar surface area (TPSA) is 55.1 Å². The van der Waals surface area contributed by atoms with Gasteiger partial charge in [0.05, 0.1) is 10.6 Å². The molecule has 1 amide bonds. The molecular formula is C15H13Cl3N2O. The van der Waals surface area contributed by atoms with Gasteiger partial charge in [-0.1, -0.05) is 46.9 Å². The average Bonchev–Trinajstić information content (AvgIpc) is 2.41. The number of rotatable bonds is 4.